The Balaban J connectivity index is 2.10. The summed E-state index contributed by atoms with van der Waals surface area (Å²) in [5, 5.41) is 16.0. The van der Waals surface area contributed by atoms with Gasteiger partial charge < -0.3 is 15.7 Å². The van der Waals surface area contributed by atoms with E-state index in [9.17, 15) is 5.11 Å². The number of halogens is 1. The van der Waals surface area contributed by atoms with Crippen molar-refractivity contribution in [1.82, 2.24) is 9.97 Å². The van der Waals surface area contributed by atoms with Crippen molar-refractivity contribution in [3.8, 4) is 0 Å². The number of hydrogen-bond acceptors (Lipinski definition) is 5. The summed E-state index contributed by atoms with van der Waals surface area (Å²) in [6.07, 6.45) is 5.88. The van der Waals surface area contributed by atoms with E-state index < -0.39 is 0 Å². The number of aromatic nitrogens is 2. The summed E-state index contributed by atoms with van der Waals surface area (Å²) in [5.74, 6) is 1.37. The second-order valence-corrected chi connectivity index (χ2v) is 5.59. The standard InChI is InChI=1S/C12H19BrN4O/c1-2-6-14-11-15-7-9(13)10(16-11)17-12(8-18)4-3-5-12/h7,18H,2-6,8H2,1H3,(H2,14,15,16,17). The number of aliphatic hydroxyl groups is 1. The molecule has 100 valence electrons. The summed E-state index contributed by atoms with van der Waals surface area (Å²) in [6, 6.07) is 0. The molecule has 0 spiro atoms. The molecule has 0 aliphatic heterocycles. The number of nitrogens with one attached hydrogen (secondary N) is 2. The highest BCUT2D eigenvalue weighted by Gasteiger charge is 2.37. The van der Waals surface area contributed by atoms with Gasteiger partial charge in [-0.1, -0.05) is 6.92 Å². The lowest BCUT2D eigenvalue weighted by atomic mass is 9.77. The lowest BCUT2D eigenvalue weighted by Crippen LogP contribution is -2.48. The van der Waals surface area contributed by atoms with E-state index >= 15 is 0 Å². The summed E-state index contributed by atoms with van der Waals surface area (Å²) in [5.41, 5.74) is -0.196. The maximum atomic E-state index is 9.46. The molecule has 0 bridgehead atoms. The fourth-order valence-corrected chi connectivity index (χ4v) is 2.24. The number of nitrogens with zero attached hydrogens (tertiary/aromatic N) is 2. The zero-order chi connectivity index (χ0) is 13.0. The Morgan fingerprint density at radius 2 is 2.28 bits per heavy atom. The van der Waals surface area contributed by atoms with Crippen LogP contribution < -0.4 is 10.6 Å². The Morgan fingerprint density at radius 1 is 1.50 bits per heavy atom. The van der Waals surface area contributed by atoms with Crippen LogP contribution in [0.1, 0.15) is 32.6 Å². The van der Waals surface area contributed by atoms with Gasteiger partial charge in [0.25, 0.3) is 0 Å². The summed E-state index contributed by atoms with van der Waals surface area (Å²) >= 11 is 3.44. The largest absolute Gasteiger partial charge is 0.394 e. The van der Waals surface area contributed by atoms with Gasteiger partial charge in [0.15, 0.2) is 0 Å². The third kappa shape index (κ3) is 2.92. The van der Waals surface area contributed by atoms with Crippen molar-refractivity contribution < 1.29 is 5.11 Å². The van der Waals surface area contributed by atoms with E-state index in [4.69, 9.17) is 0 Å². The molecule has 0 radical (unpaired) electrons. The summed E-state index contributed by atoms with van der Waals surface area (Å²) in [4.78, 5) is 8.64. The minimum absolute atomic E-state index is 0.140. The van der Waals surface area contributed by atoms with Crippen LogP contribution in [0.3, 0.4) is 0 Å². The quantitative estimate of drug-likeness (QED) is 0.752. The third-order valence-electron chi connectivity index (χ3n) is 3.27. The zero-order valence-electron chi connectivity index (χ0n) is 10.5. The highest BCUT2D eigenvalue weighted by atomic mass is 79.9. The minimum atomic E-state index is -0.196. The number of anilines is 2. The van der Waals surface area contributed by atoms with Crippen LogP contribution in [0.4, 0.5) is 11.8 Å². The molecule has 2 rings (SSSR count). The van der Waals surface area contributed by atoms with Crippen LogP contribution >= 0.6 is 15.9 Å². The van der Waals surface area contributed by atoms with E-state index in [1.165, 1.54) is 0 Å². The van der Waals surface area contributed by atoms with Crippen molar-refractivity contribution >= 4 is 27.7 Å². The second kappa shape index (κ2) is 5.84. The Morgan fingerprint density at radius 3 is 2.83 bits per heavy atom. The van der Waals surface area contributed by atoms with Gasteiger partial charge in [0.2, 0.25) is 5.95 Å². The van der Waals surface area contributed by atoms with Crippen LogP contribution in [0, 0.1) is 0 Å². The van der Waals surface area contributed by atoms with Crippen LogP contribution in [-0.2, 0) is 0 Å². The molecule has 5 nitrogen and oxygen atoms in total. The molecule has 18 heavy (non-hydrogen) atoms. The van der Waals surface area contributed by atoms with Gasteiger partial charge in [-0.15, -0.1) is 0 Å². The van der Waals surface area contributed by atoms with Crippen molar-refractivity contribution in [2.24, 2.45) is 0 Å². The summed E-state index contributed by atoms with van der Waals surface area (Å²) in [7, 11) is 0. The first-order valence-corrected chi connectivity index (χ1v) is 7.14. The third-order valence-corrected chi connectivity index (χ3v) is 3.85. The van der Waals surface area contributed by atoms with Gasteiger partial charge in [0, 0.05) is 12.7 Å². The number of aliphatic hydroxyl groups excluding tert-OH is 1. The van der Waals surface area contributed by atoms with E-state index in [-0.39, 0.29) is 12.1 Å². The molecule has 1 heterocycles. The van der Waals surface area contributed by atoms with E-state index in [1.807, 2.05) is 0 Å². The minimum Gasteiger partial charge on any atom is -0.394 e. The van der Waals surface area contributed by atoms with Crippen molar-refractivity contribution in [1.29, 1.82) is 0 Å². The van der Waals surface area contributed by atoms with Crippen LogP contribution in [-0.4, -0.2) is 33.8 Å². The molecule has 1 aromatic heterocycles. The first-order chi connectivity index (χ1) is 8.69. The van der Waals surface area contributed by atoms with Crippen LogP contribution in [0.25, 0.3) is 0 Å². The highest BCUT2D eigenvalue weighted by molar-refractivity contribution is 9.10. The van der Waals surface area contributed by atoms with Gasteiger partial charge in [0.05, 0.1) is 16.6 Å². The first-order valence-electron chi connectivity index (χ1n) is 6.34. The normalized spacial score (nSPS) is 17.1. The smallest absolute Gasteiger partial charge is 0.224 e. The summed E-state index contributed by atoms with van der Waals surface area (Å²) < 4.78 is 0.823. The lowest BCUT2D eigenvalue weighted by molar-refractivity contribution is 0.143. The van der Waals surface area contributed by atoms with Crippen molar-refractivity contribution in [2.45, 2.75) is 38.1 Å². The van der Waals surface area contributed by atoms with Crippen molar-refractivity contribution in [2.75, 3.05) is 23.8 Å². The SMILES string of the molecule is CCCNc1ncc(Br)c(NC2(CO)CCC2)n1. The molecule has 0 atom stereocenters. The molecule has 1 aromatic rings. The number of hydrogen-bond donors (Lipinski definition) is 3. The molecule has 1 fully saturated rings. The molecule has 1 aliphatic carbocycles. The Labute approximate surface area is 116 Å². The molecule has 1 aliphatic rings. The van der Waals surface area contributed by atoms with Gasteiger partial charge in [-0.05, 0) is 41.6 Å². The van der Waals surface area contributed by atoms with Crippen LogP contribution in [0.2, 0.25) is 0 Å². The Kier molecular flexibility index (Phi) is 4.40. The average molecular weight is 315 g/mol. The predicted octanol–water partition coefficient (Wildman–Crippen LogP) is 2.39. The molecule has 0 unspecified atom stereocenters. The fraction of sp³-hybridized carbons (Fsp3) is 0.667. The van der Waals surface area contributed by atoms with Crippen molar-refractivity contribution in [3.63, 3.8) is 0 Å². The molecule has 6 heteroatoms. The zero-order valence-corrected chi connectivity index (χ0v) is 12.1. The maximum Gasteiger partial charge on any atom is 0.224 e. The van der Waals surface area contributed by atoms with E-state index in [2.05, 4.69) is 43.5 Å². The lowest BCUT2D eigenvalue weighted by Gasteiger charge is -2.41. The average Bonchev–Trinajstić information content (AvgIpc) is 2.34. The van der Waals surface area contributed by atoms with Gasteiger partial charge in [0.1, 0.15) is 5.82 Å². The molecule has 0 saturated heterocycles. The summed E-state index contributed by atoms with van der Waals surface area (Å²) in [6.45, 7) is 3.09. The topological polar surface area (TPSA) is 70.1 Å². The van der Waals surface area contributed by atoms with E-state index in [0.717, 1.165) is 42.5 Å². The molecule has 1 saturated carbocycles. The van der Waals surface area contributed by atoms with Gasteiger partial charge in [-0.3, -0.25) is 0 Å². The highest BCUT2D eigenvalue weighted by Crippen LogP contribution is 2.36. The van der Waals surface area contributed by atoms with Gasteiger partial charge in [-0.25, -0.2) is 4.98 Å². The predicted molar refractivity (Wildman–Crippen MR) is 75.8 cm³/mol. The van der Waals surface area contributed by atoms with E-state index in [0.29, 0.717) is 5.95 Å². The second-order valence-electron chi connectivity index (χ2n) is 4.73. The van der Waals surface area contributed by atoms with E-state index in [1.54, 1.807) is 6.20 Å². The Bertz CT molecular complexity index is 404. The number of rotatable bonds is 6. The van der Waals surface area contributed by atoms with Crippen LogP contribution in [0.5, 0.6) is 0 Å². The van der Waals surface area contributed by atoms with Gasteiger partial charge >= 0.3 is 0 Å². The molecule has 3 N–H and O–H groups in total. The fourth-order valence-electron chi connectivity index (χ4n) is 1.95. The first kappa shape index (κ1) is 13.5. The maximum absolute atomic E-state index is 9.46. The van der Waals surface area contributed by atoms with Crippen LogP contribution in [0.15, 0.2) is 10.7 Å². The monoisotopic (exact) mass is 314 g/mol. The molecular formula is C12H19BrN4O. The van der Waals surface area contributed by atoms with Crippen molar-refractivity contribution in [3.05, 3.63) is 10.7 Å². The molecular weight excluding hydrogens is 296 g/mol. The molecule has 0 amide bonds. The van der Waals surface area contributed by atoms with Gasteiger partial charge in [-0.2, -0.15) is 4.98 Å². The molecule has 0 aromatic carbocycles. The Hall–Kier alpha value is -0.880.